The number of aromatic nitrogens is 5. The van der Waals surface area contributed by atoms with Crippen LogP contribution >= 0.6 is 0 Å². The van der Waals surface area contributed by atoms with Crippen molar-refractivity contribution >= 4 is 31.8 Å². The van der Waals surface area contributed by atoms with Gasteiger partial charge < -0.3 is 9.47 Å². The molecule has 5 aromatic rings. The van der Waals surface area contributed by atoms with Gasteiger partial charge in [0.2, 0.25) is 0 Å². The van der Waals surface area contributed by atoms with E-state index >= 15 is 0 Å². The molecule has 0 aliphatic heterocycles. The first-order valence-electron chi connectivity index (χ1n) is 11.9. The summed E-state index contributed by atoms with van der Waals surface area (Å²) < 4.78 is 61.1. The van der Waals surface area contributed by atoms with Crippen LogP contribution in [0.3, 0.4) is 0 Å². The van der Waals surface area contributed by atoms with E-state index in [0.717, 1.165) is 5.39 Å². The van der Waals surface area contributed by atoms with Crippen LogP contribution in [0.5, 0.6) is 11.8 Å². The van der Waals surface area contributed by atoms with Crippen molar-refractivity contribution in [2.75, 3.05) is 18.6 Å². The highest BCUT2D eigenvalue weighted by atomic mass is 32.2. The lowest BCUT2D eigenvalue weighted by molar-refractivity contribution is -0.0498. The molecule has 0 aliphatic carbocycles. The Morgan fingerprint density at radius 2 is 1.82 bits per heavy atom. The predicted molar refractivity (Wildman–Crippen MR) is 141 cm³/mol. The largest absolute Gasteiger partial charge is 0.464 e. The van der Waals surface area contributed by atoms with Gasteiger partial charge >= 0.3 is 12.6 Å². The quantitative estimate of drug-likeness (QED) is 0.269. The van der Waals surface area contributed by atoms with E-state index in [-0.39, 0.29) is 29.7 Å². The summed E-state index contributed by atoms with van der Waals surface area (Å²) in [5, 5.41) is 5.69. The Labute approximate surface area is 221 Å². The van der Waals surface area contributed by atoms with Gasteiger partial charge in [-0.15, -0.1) is 0 Å². The fourth-order valence-corrected chi connectivity index (χ4v) is 4.64. The Morgan fingerprint density at radius 1 is 1.05 bits per heavy atom. The molecule has 0 fully saturated rings. The summed E-state index contributed by atoms with van der Waals surface area (Å²) in [5.74, 6) is -0.0982. The van der Waals surface area contributed by atoms with Crippen molar-refractivity contribution in [3.63, 3.8) is 0 Å². The van der Waals surface area contributed by atoms with Gasteiger partial charge in [0.1, 0.15) is 15.6 Å². The third-order valence-electron chi connectivity index (χ3n) is 5.87. The Morgan fingerprint density at radius 3 is 2.51 bits per heavy atom. The van der Waals surface area contributed by atoms with E-state index in [9.17, 15) is 22.0 Å². The molecule has 202 valence electrons. The fourth-order valence-electron chi connectivity index (χ4n) is 4.12. The van der Waals surface area contributed by atoms with Gasteiger partial charge in [0, 0.05) is 35.0 Å². The average molecular weight is 556 g/mol. The molecule has 0 aliphatic rings. The summed E-state index contributed by atoms with van der Waals surface area (Å²) in [6.45, 7) is -0.665. The molecule has 0 unspecified atom stereocenters. The second kappa shape index (κ2) is 10.4. The summed E-state index contributed by atoms with van der Waals surface area (Å²) in [6.07, 6.45) is 4.44. The zero-order valence-corrected chi connectivity index (χ0v) is 21.7. The number of hydrogen-bond acceptors (Lipinski definition) is 8. The van der Waals surface area contributed by atoms with Gasteiger partial charge in [-0.3, -0.25) is 14.0 Å². The van der Waals surface area contributed by atoms with Gasteiger partial charge in [-0.2, -0.15) is 18.9 Å². The molecule has 0 spiro atoms. The van der Waals surface area contributed by atoms with Crippen LogP contribution in [0.15, 0.2) is 65.7 Å². The smallest absolute Gasteiger partial charge is 0.387 e. The maximum atomic E-state index is 13.9. The zero-order chi connectivity index (χ0) is 27.7. The third-order valence-corrected chi connectivity index (χ3v) is 6.79. The minimum atomic E-state index is -3.15. The molecule has 0 amide bonds. The van der Waals surface area contributed by atoms with Crippen LogP contribution < -0.4 is 15.0 Å². The van der Waals surface area contributed by atoms with E-state index in [0.29, 0.717) is 34.3 Å². The molecule has 0 bridgehead atoms. The van der Waals surface area contributed by atoms with E-state index in [1.165, 1.54) is 35.1 Å². The highest BCUT2D eigenvalue weighted by molar-refractivity contribution is 7.90. The lowest BCUT2D eigenvalue weighted by atomic mass is 10.0. The van der Waals surface area contributed by atoms with Crippen LogP contribution in [0.4, 0.5) is 8.78 Å². The Bertz CT molecular complexity index is 1840. The normalized spacial score (nSPS) is 11.9. The van der Waals surface area contributed by atoms with E-state index < -0.39 is 22.0 Å². The summed E-state index contributed by atoms with van der Waals surface area (Å²) in [5.41, 5.74) is 1.83. The summed E-state index contributed by atoms with van der Waals surface area (Å²) in [4.78, 5) is 22.5. The number of nitrogens with zero attached hydrogens (tertiary/aromatic N) is 5. The summed E-state index contributed by atoms with van der Waals surface area (Å²) in [7, 11) is -3.15. The van der Waals surface area contributed by atoms with Crippen molar-refractivity contribution in [2.24, 2.45) is 0 Å². The second-order valence-corrected chi connectivity index (χ2v) is 11.0. The molecule has 3 heterocycles. The SMILES string of the molecule is CCOc1ncc2cc(-c3ccc4nn(CCS(C)(=O)=O)cc4c3)c(=O)n(-c3ccc(OC(F)F)cc3)c2n1. The molecule has 0 N–H and O–H groups in total. The lowest BCUT2D eigenvalue weighted by Gasteiger charge is -2.14. The number of aryl methyl sites for hydroxylation is 1. The number of alkyl halides is 2. The number of rotatable bonds is 9. The molecular weight excluding hydrogens is 532 g/mol. The van der Waals surface area contributed by atoms with Crippen molar-refractivity contribution in [3.05, 3.63) is 71.3 Å². The van der Waals surface area contributed by atoms with Crippen molar-refractivity contribution in [3.8, 4) is 28.6 Å². The molecule has 3 aromatic heterocycles. The molecule has 2 aromatic carbocycles. The van der Waals surface area contributed by atoms with E-state index in [2.05, 4.69) is 19.8 Å². The van der Waals surface area contributed by atoms with Gasteiger partial charge in [0.15, 0.2) is 5.65 Å². The second-order valence-electron chi connectivity index (χ2n) is 8.73. The molecule has 10 nitrogen and oxygen atoms in total. The number of benzene rings is 2. The molecule has 0 radical (unpaired) electrons. The van der Waals surface area contributed by atoms with Crippen LogP contribution in [-0.2, 0) is 16.4 Å². The Balaban J connectivity index is 1.64. The lowest BCUT2D eigenvalue weighted by Crippen LogP contribution is -2.21. The maximum Gasteiger partial charge on any atom is 0.387 e. The van der Waals surface area contributed by atoms with E-state index in [1.807, 2.05) is 0 Å². The van der Waals surface area contributed by atoms with Crippen molar-refractivity contribution in [2.45, 2.75) is 20.1 Å². The van der Waals surface area contributed by atoms with Crippen LogP contribution in [0, 0.1) is 0 Å². The number of fused-ring (bicyclic) bond motifs is 2. The molecule has 0 saturated heterocycles. The minimum absolute atomic E-state index is 0.0475. The predicted octanol–water partition coefficient (Wildman–Crippen LogP) is 3.84. The fraction of sp³-hybridized carbons (Fsp3) is 0.231. The van der Waals surface area contributed by atoms with Gasteiger partial charge in [0.25, 0.3) is 5.56 Å². The first kappa shape index (κ1) is 26.2. The zero-order valence-electron chi connectivity index (χ0n) is 20.9. The third kappa shape index (κ3) is 5.72. The van der Waals surface area contributed by atoms with Crippen molar-refractivity contribution < 1.29 is 26.7 Å². The van der Waals surface area contributed by atoms with Crippen LogP contribution in [0.2, 0.25) is 0 Å². The van der Waals surface area contributed by atoms with Gasteiger partial charge in [0.05, 0.1) is 30.1 Å². The number of sulfone groups is 1. The first-order valence-corrected chi connectivity index (χ1v) is 13.9. The molecule has 13 heteroatoms. The Kier molecular flexibility index (Phi) is 7.00. The van der Waals surface area contributed by atoms with Crippen LogP contribution in [0.25, 0.3) is 38.8 Å². The molecule has 0 atom stereocenters. The van der Waals surface area contributed by atoms with E-state index in [4.69, 9.17) is 4.74 Å². The number of hydrogen-bond donors (Lipinski definition) is 0. The monoisotopic (exact) mass is 555 g/mol. The summed E-state index contributed by atoms with van der Waals surface area (Å²) >= 11 is 0. The molecule has 39 heavy (non-hydrogen) atoms. The topological polar surface area (TPSA) is 118 Å². The highest BCUT2D eigenvalue weighted by Crippen LogP contribution is 2.27. The average Bonchev–Trinajstić information content (AvgIpc) is 3.30. The highest BCUT2D eigenvalue weighted by Gasteiger charge is 2.17. The van der Waals surface area contributed by atoms with Gasteiger partial charge in [-0.05, 0) is 55.0 Å². The van der Waals surface area contributed by atoms with Crippen molar-refractivity contribution in [1.29, 1.82) is 0 Å². The number of ether oxygens (including phenoxy) is 2. The minimum Gasteiger partial charge on any atom is -0.464 e. The number of halogens is 2. The van der Waals surface area contributed by atoms with Crippen LogP contribution in [-0.4, -0.2) is 58.0 Å². The first-order chi connectivity index (χ1) is 18.6. The molecule has 5 rings (SSSR count). The van der Waals surface area contributed by atoms with E-state index in [1.54, 1.807) is 48.3 Å². The molecule has 0 saturated carbocycles. The maximum absolute atomic E-state index is 13.9. The Hall–Kier alpha value is -4.39. The molecular formula is C26H23F2N5O5S. The van der Waals surface area contributed by atoms with Crippen molar-refractivity contribution in [1.82, 2.24) is 24.3 Å². The standard InChI is InChI=1S/C26H23F2N5O5S/c1-3-37-26-29-14-17-13-21(16-4-9-22-18(12-16)15-32(31-22)10-11-39(2,35)36)24(34)33(23(17)30-26)19-5-7-20(8-6-19)38-25(27)28/h4-9,12-15,25H,3,10-11H2,1-2H3. The van der Waals surface area contributed by atoms with Gasteiger partial charge in [-0.25, -0.2) is 13.4 Å². The van der Waals surface area contributed by atoms with Gasteiger partial charge in [-0.1, -0.05) is 6.07 Å². The number of pyridine rings is 1. The van der Waals surface area contributed by atoms with Crippen LogP contribution in [0.1, 0.15) is 6.92 Å². The summed E-state index contributed by atoms with van der Waals surface area (Å²) in [6, 6.07) is 12.7.